The number of thiophene rings is 1. The van der Waals surface area contributed by atoms with Crippen molar-refractivity contribution in [1.82, 2.24) is 5.32 Å². The maximum absolute atomic E-state index is 12.2. The van der Waals surface area contributed by atoms with Gasteiger partial charge < -0.3 is 10.1 Å². The summed E-state index contributed by atoms with van der Waals surface area (Å²) in [6, 6.07) is 10.3. The van der Waals surface area contributed by atoms with Crippen LogP contribution in [0.5, 0.6) is 0 Å². The molecule has 1 atom stereocenters. The molecular weight excluding hydrogens is 274 g/mol. The third-order valence-corrected chi connectivity index (χ3v) is 3.92. The van der Waals surface area contributed by atoms with E-state index >= 15 is 0 Å². The highest BCUT2D eigenvalue weighted by Gasteiger charge is 2.14. The van der Waals surface area contributed by atoms with E-state index in [2.05, 4.69) is 10.1 Å². The first kappa shape index (κ1) is 14.3. The molecule has 5 heteroatoms. The third kappa shape index (κ3) is 3.24. The van der Waals surface area contributed by atoms with Crippen LogP contribution in [0.15, 0.2) is 41.8 Å². The number of carbonyl (C=O) groups excluding carboxylic acids is 2. The molecule has 0 aliphatic heterocycles. The molecule has 2 aromatic rings. The van der Waals surface area contributed by atoms with E-state index in [4.69, 9.17) is 0 Å². The standard InChI is InChI=1S/C15H15NO3S/c1-10(13-7-4-8-20-13)16-14(17)11-5-3-6-12(9-11)15(18)19-2/h3-10H,1-2H3,(H,16,17). The number of rotatable bonds is 4. The quantitative estimate of drug-likeness (QED) is 0.880. The molecule has 1 heterocycles. The zero-order valence-corrected chi connectivity index (χ0v) is 12.1. The predicted molar refractivity (Wildman–Crippen MR) is 78.0 cm³/mol. The summed E-state index contributed by atoms with van der Waals surface area (Å²) >= 11 is 1.59. The van der Waals surface area contributed by atoms with Crippen molar-refractivity contribution in [2.24, 2.45) is 0 Å². The van der Waals surface area contributed by atoms with Gasteiger partial charge in [-0.25, -0.2) is 4.79 Å². The van der Waals surface area contributed by atoms with Gasteiger partial charge in [-0.2, -0.15) is 0 Å². The van der Waals surface area contributed by atoms with Gasteiger partial charge >= 0.3 is 5.97 Å². The molecule has 1 N–H and O–H groups in total. The van der Waals surface area contributed by atoms with Crippen LogP contribution in [0.4, 0.5) is 0 Å². The fraction of sp³-hybridized carbons (Fsp3) is 0.200. The molecule has 1 amide bonds. The summed E-state index contributed by atoms with van der Waals surface area (Å²) in [5, 5.41) is 4.87. The van der Waals surface area contributed by atoms with Gasteiger partial charge in [-0.15, -0.1) is 11.3 Å². The lowest BCUT2D eigenvalue weighted by Crippen LogP contribution is -2.26. The van der Waals surface area contributed by atoms with Gasteiger partial charge in [0.05, 0.1) is 18.7 Å². The molecule has 0 saturated carbocycles. The van der Waals surface area contributed by atoms with Crippen molar-refractivity contribution in [2.75, 3.05) is 7.11 Å². The Kier molecular flexibility index (Phi) is 4.53. The van der Waals surface area contributed by atoms with Crippen molar-refractivity contribution < 1.29 is 14.3 Å². The van der Waals surface area contributed by atoms with Crippen molar-refractivity contribution in [2.45, 2.75) is 13.0 Å². The van der Waals surface area contributed by atoms with Crippen LogP contribution in [0.25, 0.3) is 0 Å². The average Bonchev–Trinajstić information content (AvgIpc) is 3.00. The monoisotopic (exact) mass is 289 g/mol. The zero-order valence-electron chi connectivity index (χ0n) is 11.3. The lowest BCUT2D eigenvalue weighted by molar-refractivity contribution is 0.0600. The van der Waals surface area contributed by atoms with E-state index in [0.717, 1.165) is 4.88 Å². The van der Waals surface area contributed by atoms with Crippen LogP contribution < -0.4 is 5.32 Å². The third-order valence-electron chi connectivity index (χ3n) is 2.86. The fourth-order valence-corrected chi connectivity index (χ4v) is 2.53. The number of esters is 1. The van der Waals surface area contributed by atoms with Crippen LogP contribution in [0.1, 0.15) is 38.6 Å². The molecule has 0 radical (unpaired) electrons. The zero-order chi connectivity index (χ0) is 14.5. The lowest BCUT2D eigenvalue weighted by Gasteiger charge is -2.12. The molecule has 0 bridgehead atoms. The number of amides is 1. The number of ether oxygens (including phenoxy) is 1. The normalized spacial score (nSPS) is 11.7. The molecule has 0 aliphatic carbocycles. The van der Waals surface area contributed by atoms with Crippen LogP contribution >= 0.6 is 11.3 Å². The number of carbonyl (C=O) groups is 2. The minimum absolute atomic E-state index is 0.0655. The van der Waals surface area contributed by atoms with Crippen LogP contribution in [0, 0.1) is 0 Å². The van der Waals surface area contributed by atoms with Crippen LogP contribution in [-0.4, -0.2) is 19.0 Å². The van der Waals surface area contributed by atoms with Gasteiger partial charge in [-0.1, -0.05) is 12.1 Å². The second-order valence-electron chi connectivity index (χ2n) is 4.28. The van der Waals surface area contributed by atoms with Crippen LogP contribution in [0.2, 0.25) is 0 Å². The molecule has 1 unspecified atom stereocenters. The summed E-state index contributed by atoms with van der Waals surface area (Å²) in [6.45, 7) is 1.92. The first-order valence-corrected chi connectivity index (χ1v) is 7.02. The molecular formula is C15H15NO3S. The van der Waals surface area contributed by atoms with E-state index in [1.165, 1.54) is 13.2 Å². The van der Waals surface area contributed by atoms with Crippen molar-refractivity contribution >= 4 is 23.2 Å². The highest BCUT2D eigenvalue weighted by molar-refractivity contribution is 7.10. The Balaban J connectivity index is 2.11. The fourth-order valence-electron chi connectivity index (χ4n) is 1.79. The largest absolute Gasteiger partial charge is 0.465 e. The minimum Gasteiger partial charge on any atom is -0.465 e. The Labute approximate surface area is 121 Å². The van der Waals surface area contributed by atoms with Crippen LogP contribution in [-0.2, 0) is 4.74 Å². The summed E-state index contributed by atoms with van der Waals surface area (Å²) in [4.78, 5) is 24.7. The molecule has 0 saturated heterocycles. The van der Waals surface area contributed by atoms with Crippen molar-refractivity contribution in [1.29, 1.82) is 0 Å². The van der Waals surface area contributed by atoms with Gasteiger partial charge in [0.2, 0.25) is 0 Å². The van der Waals surface area contributed by atoms with Gasteiger partial charge in [0.15, 0.2) is 0 Å². The topological polar surface area (TPSA) is 55.4 Å². The molecule has 0 fully saturated rings. The van der Waals surface area contributed by atoms with E-state index in [1.807, 2.05) is 24.4 Å². The van der Waals surface area contributed by atoms with Gasteiger partial charge in [-0.05, 0) is 36.6 Å². The van der Waals surface area contributed by atoms with Gasteiger partial charge in [0.25, 0.3) is 5.91 Å². The van der Waals surface area contributed by atoms with E-state index < -0.39 is 5.97 Å². The van der Waals surface area contributed by atoms with E-state index in [-0.39, 0.29) is 11.9 Å². The maximum Gasteiger partial charge on any atom is 0.337 e. The second kappa shape index (κ2) is 6.34. The molecule has 20 heavy (non-hydrogen) atoms. The first-order chi connectivity index (χ1) is 9.61. The van der Waals surface area contributed by atoms with Gasteiger partial charge in [0.1, 0.15) is 0 Å². The average molecular weight is 289 g/mol. The summed E-state index contributed by atoms with van der Waals surface area (Å²) < 4.78 is 4.64. The highest BCUT2D eigenvalue weighted by atomic mass is 32.1. The second-order valence-corrected chi connectivity index (χ2v) is 5.26. The minimum atomic E-state index is -0.453. The first-order valence-electron chi connectivity index (χ1n) is 6.14. The summed E-state index contributed by atoms with van der Waals surface area (Å²) in [7, 11) is 1.31. The molecule has 2 rings (SSSR count). The number of hydrogen-bond donors (Lipinski definition) is 1. The lowest BCUT2D eigenvalue weighted by atomic mass is 10.1. The molecule has 1 aromatic heterocycles. The Morgan fingerprint density at radius 3 is 2.60 bits per heavy atom. The smallest absolute Gasteiger partial charge is 0.337 e. The number of hydrogen-bond acceptors (Lipinski definition) is 4. The van der Waals surface area contributed by atoms with Crippen molar-refractivity contribution in [3.05, 3.63) is 57.8 Å². The molecule has 4 nitrogen and oxygen atoms in total. The molecule has 1 aromatic carbocycles. The Bertz CT molecular complexity index is 607. The Hall–Kier alpha value is -2.14. The van der Waals surface area contributed by atoms with E-state index in [0.29, 0.717) is 11.1 Å². The summed E-state index contributed by atoms with van der Waals surface area (Å²) in [5.41, 5.74) is 0.806. The molecule has 0 spiro atoms. The van der Waals surface area contributed by atoms with E-state index in [1.54, 1.807) is 29.5 Å². The Morgan fingerprint density at radius 1 is 1.20 bits per heavy atom. The molecule has 0 aliphatic rings. The SMILES string of the molecule is COC(=O)c1cccc(C(=O)NC(C)c2cccs2)c1. The Morgan fingerprint density at radius 2 is 1.95 bits per heavy atom. The predicted octanol–water partition coefficient (Wildman–Crippen LogP) is 3.03. The van der Waals surface area contributed by atoms with Crippen LogP contribution in [0.3, 0.4) is 0 Å². The number of methoxy groups -OCH3 is 1. The number of nitrogens with one attached hydrogen (secondary N) is 1. The van der Waals surface area contributed by atoms with Gasteiger partial charge in [0, 0.05) is 10.4 Å². The van der Waals surface area contributed by atoms with Crippen molar-refractivity contribution in [3.63, 3.8) is 0 Å². The van der Waals surface area contributed by atoms with E-state index in [9.17, 15) is 9.59 Å². The molecule has 104 valence electrons. The number of benzene rings is 1. The maximum atomic E-state index is 12.2. The summed E-state index contributed by atoms with van der Waals surface area (Å²) in [6.07, 6.45) is 0. The summed E-state index contributed by atoms with van der Waals surface area (Å²) in [5.74, 6) is -0.664. The van der Waals surface area contributed by atoms with Gasteiger partial charge in [-0.3, -0.25) is 4.79 Å². The highest BCUT2D eigenvalue weighted by Crippen LogP contribution is 2.18. The van der Waals surface area contributed by atoms with Crippen molar-refractivity contribution in [3.8, 4) is 0 Å².